The first-order valence-corrected chi connectivity index (χ1v) is 9.67. The number of hydrogen-bond donors (Lipinski definition) is 1. The zero-order valence-corrected chi connectivity index (χ0v) is 15.6. The molecule has 0 bridgehead atoms. The van der Waals surface area contributed by atoms with Crippen LogP contribution in [0.5, 0.6) is 0 Å². The molecule has 0 unspecified atom stereocenters. The molecule has 0 spiro atoms. The van der Waals surface area contributed by atoms with Gasteiger partial charge < -0.3 is 15.1 Å². The Morgan fingerprint density at radius 3 is 2.50 bits per heavy atom. The second kappa shape index (κ2) is 8.26. The maximum Gasteiger partial charge on any atom is 0.133 e. The Bertz CT molecular complexity index is 516. The SMILES string of the molecule is CCCc1cnc(C)nc1NC1CCN(C2CCN(C)CC2)CC1. The molecule has 1 N–H and O–H groups in total. The largest absolute Gasteiger partial charge is 0.367 e. The van der Waals surface area contributed by atoms with Gasteiger partial charge in [0.1, 0.15) is 11.6 Å². The number of nitrogens with one attached hydrogen (secondary N) is 1. The van der Waals surface area contributed by atoms with E-state index >= 15 is 0 Å². The van der Waals surface area contributed by atoms with Crippen molar-refractivity contribution >= 4 is 5.82 Å². The van der Waals surface area contributed by atoms with E-state index in [4.69, 9.17) is 0 Å². The van der Waals surface area contributed by atoms with Crippen LogP contribution in [0.1, 0.15) is 50.4 Å². The number of piperidine rings is 2. The van der Waals surface area contributed by atoms with Crippen LogP contribution in [0.4, 0.5) is 5.82 Å². The first kappa shape index (κ1) is 17.6. The number of hydrogen-bond acceptors (Lipinski definition) is 5. The second-order valence-electron chi connectivity index (χ2n) is 7.53. The summed E-state index contributed by atoms with van der Waals surface area (Å²) in [6.07, 6.45) is 9.30. The number of anilines is 1. The molecular formula is C19H33N5. The predicted molar refractivity (Wildman–Crippen MR) is 99.5 cm³/mol. The molecule has 5 nitrogen and oxygen atoms in total. The summed E-state index contributed by atoms with van der Waals surface area (Å²) in [5.41, 5.74) is 1.26. The average molecular weight is 332 g/mol. The molecule has 1 aromatic rings. The van der Waals surface area contributed by atoms with E-state index in [0.717, 1.165) is 30.5 Å². The van der Waals surface area contributed by atoms with E-state index in [-0.39, 0.29) is 0 Å². The topological polar surface area (TPSA) is 44.3 Å². The van der Waals surface area contributed by atoms with Gasteiger partial charge in [0.2, 0.25) is 0 Å². The van der Waals surface area contributed by atoms with Crippen LogP contribution in [0.25, 0.3) is 0 Å². The van der Waals surface area contributed by atoms with Crippen molar-refractivity contribution in [1.29, 1.82) is 0 Å². The van der Waals surface area contributed by atoms with Crippen LogP contribution < -0.4 is 5.32 Å². The summed E-state index contributed by atoms with van der Waals surface area (Å²) >= 11 is 0. The van der Waals surface area contributed by atoms with Crippen molar-refractivity contribution in [2.45, 2.75) is 64.5 Å². The number of nitrogens with zero attached hydrogens (tertiary/aromatic N) is 4. The lowest BCUT2D eigenvalue weighted by atomic mass is 9.98. The van der Waals surface area contributed by atoms with Gasteiger partial charge in [0, 0.05) is 36.9 Å². The van der Waals surface area contributed by atoms with Gasteiger partial charge in [-0.25, -0.2) is 9.97 Å². The third kappa shape index (κ3) is 4.45. The minimum atomic E-state index is 0.553. The Kier molecular flexibility index (Phi) is 6.06. The van der Waals surface area contributed by atoms with Crippen LogP contribution in [0.2, 0.25) is 0 Å². The molecular weight excluding hydrogens is 298 g/mol. The van der Waals surface area contributed by atoms with Gasteiger partial charge in [-0.2, -0.15) is 0 Å². The molecule has 2 fully saturated rings. The number of aryl methyl sites for hydroxylation is 2. The highest BCUT2D eigenvalue weighted by Gasteiger charge is 2.27. The highest BCUT2D eigenvalue weighted by Crippen LogP contribution is 2.23. The lowest BCUT2D eigenvalue weighted by Crippen LogP contribution is -2.48. The summed E-state index contributed by atoms with van der Waals surface area (Å²) in [6.45, 7) is 9.14. The van der Waals surface area contributed by atoms with Crippen molar-refractivity contribution in [1.82, 2.24) is 19.8 Å². The van der Waals surface area contributed by atoms with Crippen LogP contribution in [-0.2, 0) is 6.42 Å². The molecule has 5 heteroatoms. The first-order valence-electron chi connectivity index (χ1n) is 9.67. The van der Waals surface area contributed by atoms with Gasteiger partial charge in [-0.15, -0.1) is 0 Å². The van der Waals surface area contributed by atoms with Gasteiger partial charge in [0.15, 0.2) is 0 Å². The second-order valence-corrected chi connectivity index (χ2v) is 7.53. The maximum atomic E-state index is 4.66. The van der Waals surface area contributed by atoms with Gasteiger partial charge in [0.05, 0.1) is 0 Å². The van der Waals surface area contributed by atoms with Crippen molar-refractivity contribution in [3.63, 3.8) is 0 Å². The minimum absolute atomic E-state index is 0.553. The molecule has 2 aliphatic rings. The maximum absolute atomic E-state index is 4.66. The third-order valence-corrected chi connectivity index (χ3v) is 5.58. The van der Waals surface area contributed by atoms with Crippen LogP contribution in [0.3, 0.4) is 0 Å². The van der Waals surface area contributed by atoms with E-state index in [1.165, 1.54) is 57.4 Å². The minimum Gasteiger partial charge on any atom is -0.367 e. The van der Waals surface area contributed by atoms with Crippen LogP contribution >= 0.6 is 0 Å². The quantitative estimate of drug-likeness (QED) is 0.899. The molecule has 0 saturated carbocycles. The van der Waals surface area contributed by atoms with Gasteiger partial charge in [-0.3, -0.25) is 0 Å². The third-order valence-electron chi connectivity index (χ3n) is 5.58. The Balaban J connectivity index is 1.53. The molecule has 2 aliphatic heterocycles. The normalized spacial score (nSPS) is 22.0. The highest BCUT2D eigenvalue weighted by molar-refractivity contribution is 5.44. The molecule has 0 aromatic carbocycles. The van der Waals surface area contributed by atoms with Gasteiger partial charge in [-0.1, -0.05) is 13.3 Å². The summed E-state index contributed by atoms with van der Waals surface area (Å²) in [5, 5.41) is 3.72. The molecule has 0 atom stereocenters. The Morgan fingerprint density at radius 1 is 1.12 bits per heavy atom. The smallest absolute Gasteiger partial charge is 0.133 e. The van der Waals surface area contributed by atoms with Gasteiger partial charge in [-0.05, 0) is 59.2 Å². The lowest BCUT2D eigenvalue weighted by molar-refractivity contribution is 0.0993. The fourth-order valence-electron chi connectivity index (χ4n) is 4.03. The zero-order valence-electron chi connectivity index (χ0n) is 15.6. The van der Waals surface area contributed by atoms with E-state index in [2.05, 4.69) is 39.1 Å². The van der Waals surface area contributed by atoms with Crippen molar-refractivity contribution in [2.24, 2.45) is 0 Å². The monoisotopic (exact) mass is 331 g/mol. The van der Waals surface area contributed by atoms with E-state index < -0.39 is 0 Å². The lowest BCUT2D eigenvalue weighted by Gasteiger charge is -2.41. The summed E-state index contributed by atoms with van der Waals surface area (Å²) in [6, 6.07) is 1.36. The van der Waals surface area contributed by atoms with Crippen molar-refractivity contribution in [3.8, 4) is 0 Å². The first-order chi connectivity index (χ1) is 11.7. The van der Waals surface area contributed by atoms with Crippen LogP contribution in [0.15, 0.2) is 6.20 Å². The van der Waals surface area contributed by atoms with Crippen molar-refractivity contribution in [3.05, 3.63) is 17.6 Å². The van der Waals surface area contributed by atoms with Crippen molar-refractivity contribution < 1.29 is 0 Å². The fraction of sp³-hybridized carbons (Fsp3) is 0.789. The number of likely N-dealkylation sites (tertiary alicyclic amines) is 2. The highest BCUT2D eigenvalue weighted by atomic mass is 15.2. The molecule has 24 heavy (non-hydrogen) atoms. The van der Waals surface area contributed by atoms with Crippen molar-refractivity contribution in [2.75, 3.05) is 38.5 Å². The molecule has 0 radical (unpaired) electrons. The Morgan fingerprint density at radius 2 is 1.83 bits per heavy atom. The standard InChI is InChI=1S/C19H33N5/c1-4-5-16-14-20-15(2)21-19(16)22-17-6-12-24(13-7-17)18-8-10-23(3)11-9-18/h14,17-18H,4-13H2,1-3H3,(H,20,21,22). The predicted octanol–water partition coefficient (Wildman–Crippen LogP) is 2.71. The summed E-state index contributed by atoms with van der Waals surface area (Å²) in [4.78, 5) is 14.2. The van der Waals surface area contributed by atoms with Gasteiger partial charge >= 0.3 is 0 Å². The molecule has 1 aromatic heterocycles. The molecule has 0 amide bonds. The Hall–Kier alpha value is -1.20. The molecule has 134 valence electrons. The van der Waals surface area contributed by atoms with Crippen LogP contribution in [-0.4, -0.2) is 65.1 Å². The molecule has 2 saturated heterocycles. The summed E-state index contributed by atoms with van der Waals surface area (Å²) in [7, 11) is 2.24. The van der Waals surface area contributed by atoms with Gasteiger partial charge in [0.25, 0.3) is 0 Å². The number of aromatic nitrogens is 2. The fourth-order valence-corrected chi connectivity index (χ4v) is 4.03. The van der Waals surface area contributed by atoms with Crippen LogP contribution in [0, 0.1) is 6.92 Å². The zero-order chi connectivity index (χ0) is 16.9. The van der Waals surface area contributed by atoms with E-state index in [9.17, 15) is 0 Å². The molecule has 3 rings (SSSR count). The summed E-state index contributed by atoms with van der Waals surface area (Å²) < 4.78 is 0. The Labute approximate surface area is 146 Å². The average Bonchev–Trinajstić information content (AvgIpc) is 2.59. The van der Waals surface area contributed by atoms with E-state index in [1.807, 2.05) is 13.1 Å². The summed E-state index contributed by atoms with van der Waals surface area (Å²) in [5.74, 6) is 1.93. The number of rotatable bonds is 5. The van der Waals surface area contributed by atoms with E-state index in [1.54, 1.807) is 0 Å². The molecule has 0 aliphatic carbocycles. The molecule has 3 heterocycles. The van der Waals surface area contributed by atoms with E-state index in [0.29, 0.717) is 6.04 Å².